The van der Waals surface area contributed by atoms with Crippen LogP contribution in [-0.2, 0) is 10.3 Å². The SMILES string of the molecule is CC(C)Oc1nc2nn(C34COC(C)(C3)C4)cc2cc1C(=O)Nc1cccn([C@H]2C[C@@H]2C)c1=O. The molecule has 3 aromatic rings. The van der Waals surface area contributed by atoms with Gasteiger partial charge in [0, 0.05) is 36.7 Å². The number of ether oxygens (including phenoxy) is 2. The van der Waals surface area contributed by atoms with E-state index in [-0.39, 0.29) is 46.0 Å². The Morgan fingerprint density at radius 3 is 2.76 bits per heavy atom. The van der Waals surface area contributed by atoms with Crippen molar-refractivity contribution in [2.75, 3.05) is 11.9 Å². The number of nitrogens with zero attached hydrogens (tertiary/aromatic N) is 4. The zero-order valence-corrected chi connectivity index (χ0v) is 19.9. The molecule has 1 amide bonds. The van der Waals surface area contributed by atoms with Crippen molar-refractivity contribution in [2.24, 2.45) is 5.92 Å². The van der Waals surface area contributed by atoms with Crippen molar-refractivity contribution in [3.63, 3.8) is 0 Å². The summed E-state index contributed by atoms with van der Waals surface area (Å²) < 4.78 is 15.4. The Hall–Kier alpha value is -3.20. The number of fused-ring (bicyclic) bond motifs is 2. The molecule has 7 rings (SSSR count). The molecule has 2 atom stereocenters. The van der Waals surface area contributed by atoms with E-state index in [2.05, 4.69) is 24.1 Å². The number of rotatable bonds is 6. The number of aromatic nitrogens is 4. The summed E-state index contributed by atoms with van der Waals surface area (Å²) >= 11 is 0. The summed E-state index contributed by atoms with van der Waals surface area (Å²) in [7, 11) is 0. The molecule has 9 nitrogen and oxygen atoms in total. The Morgan fingerprint density at radius 1 is 1.35 bits per heavy atom. The summed E-state index contributed by atoms with van der Waals surface area (Å²) in [6.07, 6.45) is 6.32. The summed E-state index contributed by atoms with van der Waals surface area (Å²) in [6.45, 7) is 8.62. The largest absolute Gasteiger partial charge is 0.474 e. The van der Waals surface area contributed by atoms with Gasteiger partial charge in [-0.2, -0.15) is 10.1 Å². The van der Waals surface area contributed by atoms with E-state index >= 15 is 0 Å². The van der Waals surface area contributed by atoms with Crippen LogP contribution in [0.25, 0.3) is 11.0 Å². The number of anilines is 1. The minimum absolute atomic E-state index is 0.0661. The Morgan fingerprint density at radius 2 is 2.12 bits per heavy atom. The molecule has 1 N–H and O–H groups in total. The van der Waals surface area contributed by atoms with Crippen LogP contribution in [0.4, 0.5) is 5.69 Å². The second kappa shape index (κ2) is 7.15. The zero-order valence-electron chi connectivity index (χ0n) is 19.9. The van der Waals surface area contributed by atoms with Gasteiger partial charge < -0.3 is 19.4 Å². The first-order valence-electron chi connectivity index (χ1n) is 11.9. The van der Waals surface area contributed by atoms with E-state index in [1.165, 1.54) is 0 Å². The first-order valence-corrected chi connectivity index (χ1v) is 11.9. The molecule has 2 aliphatic carbocycles. The fourth-order valence-corrected chi connectivity index (χ4v) is 5.49. The predicted octanol–water partition coefficient (Wildman–Crippen LogP) is 3.49. The molecule has 0 unspecified atom stereocenters. The topological polar surface area (TPSA) is 100 Å². The average molecular weight is 464 g/mol. The van der Waals surface area contributed by atoms with E-state index in [1.54, 1.807) is 29.0 Å². The Bertz CT molecular complexity index is 1370. The van der Waals surface area contributed by atoms with E-state index in [1.807, 2.05) is 24.7 Å². The number of carbonyl (C=O) groups excluding carboxylic acids is 1. The molecule has 2 bridgehead atoms. The highest BCUT2D eigenvalue weighted by Gasteiger charge is 2.61. The van der Waals surface area contributed by atoms with E-state index in [0.29, 0.717) is 18.2 Å². The maximum atomic E-state index is 13.3. The van der Waals surface area contributed by atoms with Crippen molar-refractivity contribution in [3.8, 4) is 5.88 Å². The molecule has 2 aliphatic heterocycles. The summed E-state index contributed by atoms with van der Waals surface area (Å²) in [6, 6.07) is 5.35. The number of nitrogens with one attached hydrogen (secondary N) is 1. The molecule has 0 radical (unpaired) electrons. The second-order valence-corrected chi connectivity index (χ2v) is 10.7. The van der Waals surface area contributed by atoms with Crippen LogP contribution in [0, 0.1) is 5.92 Å². The molecule has 0 aromatic carbocycles. The van der Waals surface area contributed by atoms with Gasteiger partial charge in [-0.05, 0) is 51.3 Å². The predicted molar refractivity (Wildman–Crippen MR) is 126 cm³/mol. The lowest BCUT2D eigenvalue weighted by Gasteiger charge is -2.42. The lowest BCUT2D eigenvalue weighted by molar-refractivity contribution is 0.00381. The molecular weight excluding hydrogens is 434 g/mol. The van der Waals surface area contributed by atoms with Crippen LogP contribution in [0.5, 0.6) is 5.88 Å². The normalized spacial score (nSPS) is 29.3. The molecule has 4 aliphatic rings. The van der Waals surface area contributed by atoms with Gasteiger partial charge >= 0.3 is 0 Å². The Labute approximate surface area is 197 Å². The first-order chi connectivity index (χ1) is 16.2. The number of hydrogen-bond donors (Lipinski definition) is 1. The van der Waals surface area contributed by atoms with Gasteiger partial charge in [0.2, 0.25) is 5.88 Å². The molecule has 5 heterocycles. The summed E-state index contributed by atoms with van der Waals surface area (Å²) in [4.78, 5) is 30.8. The molecular formula is C25H29N5O4. The lowest BCUT2D eigenvalue weighted by atomic mass is 9.69. The third-order valence-electron chi connectivity index (χ3n) is 7.28. The van der Waals surface area contributed by atoms with Crippen molar-refractivity contribution in [2.45, 2.75) is 70.2 Å². The number of amides is 1. The highest BCUT2D eigenvalue weighted by molar-refractivity contribution is 6.07. The van der Waals surface area contributed by atoms with Gasteiger partial charge in [-0.3, -0.25) is 14.3 Å². The summed E-state index contributed by atoms with van der Waals surface area (Å²) in [5.41, 5.74) is 0.622. The highest BCUT2D eigenvalue weighted by Crippen LogP contribution is 2.55. The molecule has 0 spiro atoms. The van der Waals surface area contributed by atoms with Crippen LogP contribution in [0.1, 0.15) is 63.4 Å². The van der Waals surface area contributed by atoms with Gasteiger partial charge in [0.1, 0.15) is 11.3 Å². The van der Waals surface area contributed by atoms with Crippen molar-refractivity contribution in [3.05, 3.63) is 46.5 Å². The standard InChI is InChI=1S/C25H29N5O4/c1-14(2)34-22-17(21(31)26-18-6-5-7-29(23(18)32)19-8-15(19)3)9-16-10-30(28-20(16)27-22)25-11-24(4,12-25)33-13-25/h5-7,9-10,14-15,19H,8,11-13H2,1-4H3,(H,26,31)/t15-,19-,24?,25?/m0/s1. The molecule has 3 aromatic heterocycles. The Balaban J connectivity index is 1.35. The van der Waals surface area contributed by atoms with Crippen LogP contribution < -0.4 is 15.6 Å². The highest BCUT2D eigenvalue weighted by atomic mass is 16.5. The third-order valence-corrected chi connectivity index (χ3v) is 7.28. The smallest absolute Gasteiger partial charge is 0.274 e. The number of pyridine rings is 2. The van der Waals surface area contributed by atoms with Crippen molar-refractivity contribution < 1.29 is 14.3 Å². The number of hydrogen-bond acceptors (Lipinski definition) is 6. The van der Waals surface area contributed by atoms with E-state index in [0.717, 1.165) is 24.6 Å². The third kappa shape index (κ3) is 3.33. The fraction of sp³-hybridized carbons (Fsp3) is 0.520. The van der Waals surface area contributed by atoms with Crippen molar-refractivity contribution in [1.29, 1.82) is 0 Å². The van der Waals surface area contributed by atoms with Crippen LogP contribution in [0.3, 0.4) is 0 Å². The van der Waals surface area contributed by atoms with Gasteiger partial charge in [-0.1, -0.05) is 6.92 Å². The molecule has 9 heteroatoms. The zero-order chi connectivity index (χ0) is 23.8. The monoisotopic (exact) mass is 463 g/mol. The van der Waals surface area contributed by atoms with E-state index in [4.69, 9.17) is 14.6 Å². The van der Waals surface area contributed by atoms with E-state index < -0.39 is 5.91 Å². The molecule has 2 saturated carbocycles. The van der Waals surface area contributed by atoms with Crippen LogP contribution in [0.15, 0.2) is 35.4 Å². The molecule has 34 heavy (non-hydrogen) atoms. The van der Waals surface area contributed by atoms with Crippen molar-refractivity contribution in [1.82, 2.24) is 19.3 Å². The molecule has 178 valence electrons. The maximum Gasteiger partial charge on any atom is 0.274 e. The quantitative estimate of drug-likeness (QED) is 0.601. The van der Waals surface area contributed by atoms with Crippen molar-refractivity contribution >= 4 is 22.6 Å². The average Bonchev–Trinajstić information content (AvgIpc) is 3.08. The molecule has 4 fully saturated rings. The van der Waals surface area contributed by atoms with Crippen LogP contribution >= 0.6 is 0 Å². The lowest BCUT2D eigenvalue weighted by Crippen LogP contribution is -2.49. The van der Waals surface area contributed by atoms with Gasteiger partial charge in [0.15, 0.2) is 5.65 Å². The van der Waals surface area contributed by atoms with Gasteiger partial charge in [-0.25, -0.2) is 0 Å². The molecule has 2 saturated heterocycles. The second-order valence-electron chi connectivity index (χ2n) is 10.7. The number of carbonyl (C=O) groups is 1. The maximum absolute atomic E-state index is 13.3. The first kappa shape index (κ1) is 21.3. The van der Waals surface area contributed by atoms with Gasteiger partial charge in [-0.15, -0.1) is 0 Å². The van der Waals surface area contributed by atoms with E-state index in [9.17, 15) is 9.59 Å². The fourth-order valence-electron chi connectivity index (χ4n) is 5.49. The van der Waals surface area contributed by atoms with Crippen LogP contribution in [-0.4, -0.2) is 43.6 Å². The van der Waals surface area contributed by atoms with Gasteiger partial charge in [0.05, 0.1) is 23.9 Å². The van der Waals surface area contributed by atoms with Crippen LogP contribution in [0.2, 0.25) is 0 Å². The minimum Gasteiger partial charge on any atom is -0.474 e. The van der Waals surface area contributed by atoms with Gasteiger partial charge in [0.25, 0.3) is 11.5 Å². The summed E-state index contributed by atoms with van der Waals surface area (Å²) in [5.74, 6) is 0.238. The summed E-state index contributed by atoms with van der Waals surface area (Å²) in [5, 5.41) is 8.24. The Kier molecular flexibility index (Phi) is 4.49. The minimum atomic E-state index is -0.435.